The van der Waals surface area contributed by atoms with E-state index in [1.165, 1.54) is 24.3 Å². The fraction of sp³-hybridized carbons (Fsp3) is 0.385. The Balaban J connectivity index is 2.67. The fourth-order valence-corrected chi connectivity index (χ4v) is 1.58. The molecular formula is C13H16N2O6. The summed E-state index contributed by atoms with van der Waals surface area (Å²) in [6.45, 7) is 3.51. The van der Waals surface area contributed by atoms with Crippen molar-refractivity contribution < 1.29 is 24.4 Å². The van der Waals surface area contributed by atoms with Crippen molar-refractivity contribution in [1.29, 1.82) is 0 Å². The van der Waals surface area contributed by atoms with Crippen molar-refractivity contribution >= 4 is 17.7 Å². The predicted molar refractivity (Wildman–Crippen MR) is 73.1 cm³/mol. The monoisotopic (exact) mass is 296 g/mol. The third-order valence-electron chi connectivity index (χ3n) is 3.01. The van der Waals surface area contributed by atoms with Crippen LogP contribution in [0.25, 0.3) is 0 Å². The lowest BCUT2D eigenvalue weighted by Crippen LogP contribution is -2.46. The van der Waals surface area contributed by atoms with E-state index in [9.17, 15) is 19.7 Å². The second kappa shape index (κ2) is 7.22. The highest BCUT2D eigenvalue weighted by Gasteiger charge is 2.26. The van der Waals surface area contributed by atoms with Crippen LogP contribution in [0, 0.1) is 16.0 Å². The zero-order valence-electron chi connectivity index (χ0n) is 11.6. The number of nitro groups is 1. The van der Waals surface area contributed by atoms with E-state index in [-0.39, 0.29) is 17.4 Å². The number of hydrogen-bond acceptors (Lipinski definition) is 5. The number of ether oxygens (including phenoxy) is 1. The molecule has 0 bridgehead atoms. The van der Waals surface area contributed by atoms with Crippen LogP contribution in [0.3, 0.4) is 0 Å². The van der Waals surface area contributed by atoms with Gasteiger partial charge in [0.1, 0.15) is 11.8 Å². The van der Waals surface area contributed by atoms with Crippen LogP contribution in [-0.2, 0) is 4.79 Å². The average molecular weight is 296 g/mol. The van der Waals surface area contributed by atoms with E-state index in [2.05, 4.69) is 5.32 Å². The van der Waals surface area contributed by atoms with E-state index >= 15 is 0 Å². The Morgan fingerprint density at radius 2 is 1.95 bits per heavy atom. The third-order valence-corrected chi connectivity index (χ3v) is 3.01. The molecule has 2 atom stereocenters. The number of amides is 1. The summed E-state index contributed by atoms with van der Waals surface area (Å²) in [5, 5.41) is 21.8. The van der Waals surface area contributed by atoms with Crippen LogP contribution in [0.4, 0.5) is 10.5 Å². The number of nitro benzene ring substituents is 1. The molecule has 114 valence electrons. The normalized spacial score (nSPS) is 13.0. The number of nitrogens with one attached hydrogen (secondary N) is 1. The summed E-state index contributed by atoms with van der Waals surface area (Å²) in [6.07, 6.45) is -0.342. The van der Waals surface area contributed by atoms with Crippen molar-refractivity contribution in [3.63, 3.8) is 0 Å². The number of nitrogens with zero attached hydrogens (tertiary/aromatic N) is 1. The molecule has 0 saturated carbocycles. The molecule has 0 saturated heterocycles. The van der Waals surface area contributed by atoms with E-state index in [4.69, 9.17) is 9.84 Å². The first-order valence-corrected chi connectivity index (χ1v) is 6.30. The summed E-state index contributed by atoms with van der Waals surface area (Å²) in [5.41, 5.74) is -0.134. The van der Waals surface area contributed by atoms with Gasteiger partial charge in [0.25, 0.3) is 5.69 Å². The quantitative estimate of drug-likeness (QED) is 0.613. The van der Waals surface area contributed by atoms with Crippen LogP contribution in [0.15, 0.2) is 24.3 Å². The summed E-state index contributed by atoms with van der Waals surface area (Å²) in [5.74, 6) is -1.32. The van der Waals surface area contributed by atoms with Crippen LogP contribution in [-0.4, -0.2) is 28.1 Å². The van der Waals surface area contributed by atoms with E-state index in [0.29, 0.717) is 6.42 Å². The van der Waals surface area contributed by atoms with Gasteiger partial charge in [-0.3, -0.25) is 10.1 Å². The van der Waals surface area contributed by atoms with Gasteiger partial charge in [0, 0.05) is 12.1 Å². The van der Waals surface area contributed by atoms with Crippen LogP contribution in [0.1, 0.15) is 20.3 Å². The van der Waals surface area contributed by atoms with Crippen LogP contribution in [0.5, 0.6) is 5.75 Å². The van der Waals surface area contributed by atoms with Crippen molar-refractivity contribution in [2.75, 3.05) is 0 Å². The molecular weight excluding hydrogens is 280 g/mol. The summed E-state index contributed by atoms with van der Waals surface area (Å²) in [6, 6.07) is 3.84. The molecule has 1 unspecified atom stereocenters. The Labute approximate surface area is 120 Å². The average Bonchev–Trinajstić information content (AvgIpc) is 2.44. The SMILES string of the molecule is CCC(C)[C@H](NC(=O)Oc1ccc([N+](=O)[O-])cc1)C(=O)O. The van der Waals surface area contributed by atoms with Gasteiger partial charge in [0.2, 0.25) is 0 Å². The highest BCUT2D eigenvalue weighted by atomic mass is 16.6. The van der Waals surface area contributed by atoms with Crippen molar-refractivity contribution in [2.24, 2.45) is 5.92 Å². The number of rotatable bonds is 6. The highest BCUT2D eigenvalue weighted by Crippen LogP contribution is 2.17. The molecule has 0 spiro atoms. The van der Waals surface area contributed by atoms with Gasteiger partial charge in [-0.1, -0.05) is 20.3 Å². The molecule has 0 aliphatic rings. The van der Waals surface area contributed by atoms with Crippen molar-refractivity contribution in [2.45, 2.75) is 26.3 Å². The zero-order valence-corrected chi connectivity index (χ0v) is 11.6. The second-order valence-electron chi connectivity index (χ2n) is 4.49. The Bertz CT molecular complexity index is 528. The predicted octanol–water partition coefficient (Wildman–Crippen LogP) is 2.18. The Kier molecular flexibility index (Phi) is 5.65. The summed E-state index contributed by atoms with van der Waals surface area (Å²) >= 11 is 0. The molecule has 0 fully saturated rings. The number of benzene rings is 1. The van der Waals surface area contributed by atoms with E-state index in [1.807, 2.05) is 6.92 Å². The minimum Gasteiger partial charge on any atom is -0.480 e. The first kappa shape index (κ1) is 16.4. The maximum absolute atomic E-state index is 11.6. The third kappa shape index (κ3) is 4.75. The maximum Gasteiger partial charge on any atom is 0.413 e. The minimum absolute atomic E-state index is 0.0893. The van der Waals surface area contributed by atoms with Gasteiger partial charge in [0.05, 0.1) is 4.92 Å². The number of non-ortho nitro benzene ring substituents is 1. The number of carbonyl (C=O) groups excluding carboxylic acids is 1. The Hall–Kier alpha value is -2.64. The van der Waals surface area contributed by atoms with Crippen molar-refractivity contribution in [3.05, 3.63) is 34.4 Å². The Morgan fingerprint density at radius 3 is 2.38 bits per heavy atom. The first-order valence-electron chi connectivity index (χ1n) is 6.30. The largest absolute Gasteiger partial charge is 0.480 e. The Morgan fingerprint density at radius 1 is 1.38 bits per heavy atom. The molecule has 0 heterocycles. The van der Waals surface area contributed by atoms with Crippen LogP contribution >= 0.6 is 0 Å². The molecule has 1 aromatic carbocycles. The van der Waals surface area contributed by atoms with Gasteiger partial charge in [-0.05, 0) is 18.1 Å². The number of carbonyl (C=O) groups is 2. The standard InChI is InChI=1S/C13H16N2O6/c1-3-8(2)11(12(16)17)14-13(18)21-10-6-4-9(5-7-10)15(19)20/h4-8,11H,3H2,1-2H3,(H,14,18)(H,16,17)/t8?,11-/m0/s1. The van der Waals surface area contributed by atoms with Gasteiger partial charge in [-0.2, -0.15) is 0 Å². The summed E-state index contributed by atoms with van der Waals surface area (Å²) in [7, 11) is 0. The lowest BCUT2D eigenvalue weighted by molar-refractivity contribution is -0.384. The molecule has 0 radical (unpaired) electrons. The highest BCUT2D eigenvalue weighted by molar-refractivity contribution is 5.81. The number of carboxylic acid groups (broad SMARTS) is 1. The zero-order chi connectivity index (χ0) is 16.0. The minimum atomic E-state index is -1.15. The topological polar surface area (TPSA) is 119 Å². The molecule has 2 N–H and O–H groups in total. The van der Waals surface area contributed by atoms with Crippen LogP contribution in [0.2, 0.25) is 0 Å². The molecule has 0 aliphatic heterocycles. The van der Waals surface area contributed by atoms with Crippen LogP contribution < -0.4 is 10.1 Å². The summed E-state index contributed by atoms with van der Waals surface area (Å²) < 4.78 is 4.89. The molecule has 21 heavy (non-hydrogen) atoms. The number of hydrogen-bond donors (Lipinski definition) is 2. The van der Waals surface area contributed by atoms with Gasteiger partial charge in [0.15, 0.2) is 0 Å². The maximum atomic E-state index is 11.6. The molecule has 0 aromatic heterocycles. The van der Waals surface area contributed by atoms with E-state index in [0.717, 1.165) is 0 Å². The van der Waals surface area contributed by atoms with Gasteiger partial charge in [-0.15, -0.1) is 0 Å². The smallest absolute Gasteiger partial charge is 0.413 e. The van der Waals surface area contributed by atoms with E-state index in [1.54, 1.807) is 6.92 Å². The molecule has 8 heteroatoms. The lowest BCUT2D eigenvalue weighted by Gasteiger charge is -2.19. The molecule has 0 aliphatic carbocycles. The first-order chi connectivity index (χ1) is 9.85. The van der Waals surface area contributed by atoms with Gasteiger partial charge >= 0.3 is 12.1 Å². The number of carboxylic acids is 1. The fourth-order valence-electron chi connectivity index (χ4n) is 1.58. The van der Waals surface area contributed by atoms with Crippen molar-refractivity contribution in [3.8, 4) is 5.75 Å². The van der Waals surface area contributed by atoms with E-state index < -0.39 is 23.0 Å². The number of aliphatic carboxylic acids is 1. The molecule has 1 rings (SSSR count). The van der Waals surface area contributed by atoms with Gasteiger partial charge in [-0.25, -0.2) is 9.59 Å². The molecule has 8 nitrogen and oxygen atoms in total. The second-order valence-corrected chi connectivity index (χ2v) is 4.49. The van der Waals surface area contributed by atoms with Crippen molar-refractivity contribution in [1.82, 2.24) is 5.32 Å². The van der Waals surface area contributed by atoms with Gasteiger partial charge < -0.3 is 15.2 Å². The molecule has 1 amide bonds. The summed E-state index contributed by atoms with van der Waals surface area (Å²) in [4.78, 5) is 32.6. The molecule has 1 aromatic rings. The lowest BCUT2D eigenvalue weighted by atomic mass is 10.00.